The number of carboxylic acid groups (broad SMARTS) is 2. The van der Waals surface area contributed by atoms with E-state index in [1.165, 1.54) is 6.07 Å². The Bertz CT molecular complexity index is 1220. The van der Waals surface area contributed by atoms with Gasteiger partial charge in [0.05, 0.1) is 0 Å². The first kappa shape index (κ1) is 18.5. The Morgan fingerprint density at radius 2 is 1.75 bits per heavy atom. The van der Waals surface area contributed by atoms with E-state index < -0.39 is 34.4 Å². The van der Waals surface area contributed by atoms with Crippen LogP contribution in [-0.2, 0) is 0 Å². The number of aromatic nitrogens is 1. The van der Waals surface area contributed by atoms with E-state index in [2.05, 4.69) is 10.9 Å². The van der Waals surface area contributed by atoms with Crippen LogP contribution >= 0.6 is 0 Å². The van der Waals surface area contributed by atoms with Gasteiger partial charge in [0.1, 0.15) is 29.3 Å². The summed E-state index contributed by atoms with van der Waals surface area (Å²) >= 11 is 0. The lowest BCUT2D eigenvalue weighted by molar-refractivity contribution is 0.0695. The van der Waals surface area contributed by atoms with E-state index in [0.717, 1.165) is 0 Å². The number of carbonyl (C=O) groups is 2. The minimum absolute atomic E-state index is 0.112. The molecule has 0 fully saturated rings. The Kier molecular flexibility index (Phi) is 4.75. The molecule has 0 bridgehead atoms. The van der Waals surface area contributed by atoms with Crippen molar-refractivity contribution in [2.24, 2.45) is 0 Å². The maximum atomic E-state index is 12.3. The van der Waals surface area contributed by atoms with Gasteiger partial charge in [-0.05, 0) is 16.8 Å². The molecule has 0 aliphatic rings. The Hall–Kier alpha value is -4.25. The van der Waals surface area contributed by atoms with Crippen LogP contribution in [0.3, 0.4) is 0 Å². The quantitative estimate of drug-likeness (QED) is 0.498. The van der Waals surface area contributed by atoms with Gasteiger partial charge in [-0.1, -0.05) is 36.3 Å². The SMILES string of the molecule is C#CCOc1ccc2ccccc2c1-c1c(C(=O)O)c(N)[nH]c(=O)c1C(=O)O. The second-order valence-corrected chi connectivity index (χ2v) is 5.76. The van der Waals surface area contributed by atoms with E-state index in [9.17, 15) is 24.6 Å². The number of aromatic amines is 1. The van der Waals surface area contributed by atoms with E-state index in [4.69, 9.17) is 16.9 Å². The molecular formula is C20H14N2O6. The number of nitrogen functional groups attached to an aromatic ring is 1. The fourth-order valence-electron chi connectivity index (χ4n) is 3.05. The number of rotatable bonds is 5. The molecule has 1 aromatic heterocycles. The van der Waals surface area contributed by atoms with E-state index >= 15 is 0 Å². The fourth-order valence-corrected chi connectivity index (χ4v) is 3.05. The number of terminal acetylenes is 1. The number of anilines is 1. The average Bonchev–Trinajstić information content (AvgIpc) is 2.64. The Balaban J connectivity index is 2.59. The van der Waals surface area contributed by atoms with Gasteiger partial charge in [-0.3, -0.25) is 4.79 Å². The van der Waals surface area contributed by atoms with Gasteiger partial charge in [0, 0.05) is 11.1 Å². The minimum Gasteiger partial charge on any atom is -0.480 e. The normalized spacial score (nSPS) is 10.4. The number of hydrogen-bond acceptors (Lipinski definition) is 5. The van der Waals surface area contributed by atoms with Crippen molar-refractivity contribution in [2.45, 2.75) is 0 Å². The number of benzene rings is 2. The first-order chi connectivity index (χ1) is 13.4. The third-order valence-electron chi connectivity index (χ3n) is 4.12. The van der Waals surface area contributed by atoms with Crippen molar-refractivity contribution in [1.29, 1.82) is 0 Å². The van der Waals surface area contributed by atoms with Gasteiger partial charge in [0.15, 0.2) is 0 Å². The van der Waals surface area contributed by atoms with E-state index in [1.807, 2.05) is 0 Å². The van der Waals surface area contributed by atoms with Crippen LogP contribution in [0.4, 0.5) is 5.82 Å². The van der Waals surface area contributed by atoms with E-state index in [0.29, 0.717) is 10.8 Å². The second-order valence-electron chi connectivity index (χ2n) is 5.76. The molecule has 140 valence electrons. The highest BCUT2D eigenvalue weighted by Crippen LogP contribution is 2.41. The molecule has 5 N–H and O–H groups in total. The van der Waals surface area contributed by atoms with Crippen LogP contribution in [-0.4, -0.2) is 33.7 Å². The number of carboxylic acids is 2. The van der Waals surface area contributed by atoms with Crippen LogP contribution in [0, 0.1) is 12.3 Å². The van der Waals surface area contributed by atoms with Gasteiger partial charge in [0.25, 0.3) is 5.56 Å². The standard InChI is InChI=1S/C20H14N2O6/c1-2-9-28-12-8-7-10-5-3-4-6-11(10)13(12)14-15(19(24)25)17(21)22-18(23)16(14)20(26)27/h1,3-8H,9H2,(H,24,25)(H,26,27)(H3,21,22,23). The maximum Gasteiger partial charge on any atom is 0.342 e. The highest BCUT2D eigenvalue weighted by molar-refractivity contribution is 6.13. The molecule has 8 nitrogen and oxygen atoms in total. The molecule has 0 aliphatic carbocycles. The summed E-state index contributed by atoms with van der Waals surface area (Å²) < 4.78 is 5.52. The number of fused-ring (bicyclic) bond motifs is 1. The lowest BCUT2D eigenvalue weighted by Crippen LogP contribution is -2.24. The van der Waals surface area contributed by atoms with Crippen LogP contribution in [0.2, 0.25) is 0 Å². The summed E-state index contributed by atoms with van der Waals surface area (Å²) in [7, 11) is 0. The first-order valence-electron chi connectivity index (χ1n) is 7.97. The van der Waals surface area contributed by atoms with Crippen LogP contribution in [0.25, 0.3) is 21.9 Å². The van der Waals surface area contributed by atoms with E-state index in [-0.39, 0.29) is 23.5 Å². The molecule has 0 aliphatic heterocycles. The van der Waals surface area contributed by atoms with Crippen molar-refractivity contribution in [3.8, 4) is 29.2 Å². The number of nitrogens with two attached hydrogens (primary N) is 1. The number of nitrogens with one attached hydrogen (secondary N) is 1. The highest BCUT2D eigenvalue weighted by Gasteiger charge is 2.29. The molecule has 8 heteroatoms. The molecule has 0 saturated heterocycles. The molecule has 3 aromatic rings. The highest BCUT2D eigenvalue weighted by atomic mass is 16.5. The molecule has 2 aromatic carbocycles. The largest absolute Gasteiger partial charge is 0.480 e. The van der Waals surface area contributed by atoms with Crippen molar-refractivity contribution >= 4 is 28.5 Å². The zero-order valence-electron chi connectivity index (χ0n) is 14.4. The molecule has 0 spiro atoms. The zero-order chi connectivity index (χ0) is 20.4. The molecule has 0 radical (unpaired) electrons. The van der Waals surface area contributed by atoms with Crippen molar-refractivity contribution in [1.82, 2.24) is 4.98 Å². The van der Waals surface area contributed by atoms with Gasteiger partial charge >= 0.3 is 11.9 Å². The molecular weight excluding hydrogens is 364 g/mol. The average molecular weight is 378 g/mol. The van der Waals surface area contributed by atoms with Gasteiger partial charge in [-0.15, -0.1) is 6.42 Å². The topological polar surface area (TPSA) is 143 Å². The summed E-state index contributed by atoms with van der Waals surface area (Å²) in [6.07, 6.45) is 5.24. The third kappa shape index (κ3) is 3.01. The van der Waals surface area contributed by atoms with Crippen LogP contribution < -0.4 is 16.0 Å². The van der Waals surface area contributed by atoms with Gasteiger partial charge in [-0.2, -0.15) is 0 Å². The summed E-state index contributed by atoms with van der Waals surface area (Å²) in [4.78, 5) is 38.1. The van der Waals surface area contributed by atoms with E-state index in [1.54, 1.807) is 30.3 Å². The molecule has 0 amide bonds. The number of pyridine rings is 1. The van der Waals surface area contributed by atoms with Crippen LogP contribution in [0.1, 0.15) is 20.7 Å². The number of H-pyrrole nitrogens is 1. The second kappa shape index (κ2) is 7.17. The molecule has 3 rings (SSSR count). The van der Waals surface area contributed by atoms with Crippen molar-refractivity contribution in [3.05, 3.63) is 57.9 Å². The van der Waals surface area contributed by atoms with Crippen LogP contribution in [0.5, 0.6) is 5.75 Å². The third-order valence-corrected chi connectivity index (χ3v) is 4.12. The number of aromatic carboxylic acids is 2. The lowest BCUT2D eigenvalue weighted by atomic mass is 9.90. The summed E-state index contributed by atoms with van der Waals surface area (Å²) in [6, 6.07) is 10.1. The fraction of sp³-hybridized carbons (Fsp3) is 0.0500. The zero-order valence-corrected chi connectivity index (χ0v) is 14.4. The monoisotopic (exact) mass is 378 g/mol. The van der Waals surface area contributed by atoms with Gasteiger partial charge < -0.3 is 25.7 Å². The summed E-state index contributed by atoms with van der Waals surface area (Å²) in [5, 5.41) is 20.4. The smallest absolute Gasteiger partial charge is 0.342 e. The maximum absolute atomic E-state index is 12.3. The predicted octanol–water partition coefficient (Wildman–Crippen LogP) is 2.19. The Labute approximate surface area is 158 Å². The number of hydrogen-bond donors (Lipinski definition) is 4. The minimum atomic E-state index is -1.60. The Morgan fingerprint density at radius 3 is 2.39 bits per heavy atom. The molecule has 28 heavy (non-hydrogen) atoms. The van der Waals surface area contributed by atoms with Crippen molar-refractivity contribution < 1.29 is 24.5 Å². The number of ether oxygens (including phenoxy) is 1. The summed E-state index contributed by atoms with van der Waals surface area (Å²) in [5.41, 5.74) is 3.17. The molecule has 0 saturated carbocycles. The van der Waals surface area contributed by atoms with Crippen molar-refractivity contribution in [3.63, 3.8) is 0 Å². The summed E-state index contributed by atoms with van der Waals surface area (Å²) in [6.45, 7) is -0.144. The van der Waals surface area contributed by atoms with Gasteiger partial charge in [0.2, 0.25) is 0 Å². The Morgan fingerprint density at radius 1 is 1.07 bits per heavy atom. The lowest BCUT2D eigenvalue weighted by Gasteiger charge is -2.17. The molecule has 0 unspecified atom stereocenters. The predicted molar refractivity (Wildman–Crippen MR) is 103 cm³/mol. The van der Waals surface area contributed by atoms with Gasteiger partial charge in [-0.25, -0.2) is 9.59 Å². The van der Waals surface area contributed by atoms with Crippen molar-refractivity contribution in [2.75, 3.05) is 12.3 Å². The van der Waals surface area contributed by atoms with Crippen LogP contribution in [0.15, 0.2) is 41.2 Å². The first-order valence-corrected chi connectivity index (χ1v) is 7.97. The molecule has 1 heterocycles. The molecule has 0 atom stereocenters. The summed E-state index contributed by atoms with van der Waals surface area (Å²) in [5.74, 6) is -1.14.